The molecule has 9 aromatic carbocycles. The summed E-state index contributed by atoms with van der Waals surface area (Å²) in [5, 5.41) is 7.67. The Bertz CT molecular complexity index is 3120. The number of nitrogens with zero attached hydrogens (tertiary/aromatic N) is 2. The van der Waals surface area contributed by atoms with Crippen LogP contribution in [-0.4, -0.2) is 0 Å². The molecule has 0 saturated heterocycles. The van der Waals surface area contributed by atoms with Gasteiger partial charge < -0.3 is 9.80 Å². The molecule has 2 heteroatoms. The van der Waals surface area contributed by atoms with E-state index in [-0.39, 0.29) is 0 Å². The lowest BCUT2D eigenvalue weighted by atomic mass is 9.82. The van der Waals surface area contributed by atoms with Crippen molar-refractivity contribution in [3.05, 3.63) is 226 Å². The van der Waals surface area contributed by atoms with Gasteiger partial charge in [0.1, 0.15) is 0 Å². The molecular formula is C58H40N2. The molecule has 12 rings (SSSR count). The van der Waals surface area contributed by atoms with Crippen molar-refractivity contribution in [3.8, 4) is 11.1 Å². The normalized spacial score (nSPS) is 13.8. The van der Waals surface area contributed by atoms with Gasteiger partial charge in [-0.05, 0) is 138 Å². The number of fused-ring (bicyclic) bond motifs is 7. The van der Waals surface area contributed by atoms with Crippen molar-refractivity contribution in [2.24, 2.45) is 0 Å². The third-order valence-electron chi connectivity index (χ3n) is 12.6. The van der Waals surface area contributed by atoms with Crippen LogP contribution in [0.4, 0.5) is 34.1 Å². The smallest absolute Gasteiger partial charge is 0.0534 e. The predicted molar refractivity (Wildman–Crippen MR) is 256 cm³/mol. The quantitative estimate of drug-likeness (QED) is 0.165. The van der Waals surface area contributed by atoms with Crippen LogP contribution in [0.2, 0.25) is 0 Å². The lowest BCUT2D eigenvalue weighted by Crippen LogP contribution is -2.29. The van der Waals surface area contributed by atoms with Gasteiger partial charge in [-0.25, -0.2) is 0 Å². The molecule has 3 aliphatic rings. The molecule has 0 amide bonds. The maximum Gasteiger partial charge on any atom is 0.0534 e. The first kappa shape index (κ1) is 34.4. The molecular weight excluding hydrogens is 725 g/mol. The lowest BCUT2D eigenvalue weighted by Gasteiger charge is -2.29. The highest BCUT2D eigenvalue weighted by atomic mass is 15.2. The van der Waals surface area contributed by atoms with Crippen molar-refractivity contribution in [3.63, 3.8) is 0 Å². The molecule has 0 spiro atoms. The fraction of sp³-hybridized carbons (Fsp3) is 0.0345. The van der Waals surface area contributed by atoms with Crippen molar-refractivity contribution in [2.45, 2.75) is 12.8 Å². The van der Waals surface area contributed by atoms with Crippen LogP contribution in [0.3, 0.4) is 0 Å². The minimum atomic E-state index is 0.979. The molecule has 9 aromatic rings. The van der Waals surface area contributed by atoms with Gasteiger partial charge in [0, 0.05) is 11.4 Å². The zero-order chi connectivity index (χ0) is 39.6. The van der Waals surface area contributed by atoms with E-state index >= 15 is 0 Å². The number of rotatable bonds is 4. The van der Waals surface area contributed by atoms with Crippen LogP contribution in [0.5, 0.6) is 0 Å². The maximum absolute atomic E-state index is 2.47. The van der Waals surface area contributed by atoms with E-state index in [1.165, 1.54) is 99.2 Å². The SMILES string of the molecule is C1=Cc2ccccc2N(c2ccc3c(C4=c5ccccc5=CCC4)c4ccc(N5c6ccccc6C=Cc6ccccc65)cc4c(-c4ccccc4)c3c2)c2ccccc21. The van der Waals surface area contributed by atoms with Gasteiger partial charge in [-0.3, -0.25) is 0 Å². The number of para-hydroxylation sites is 4. The van der Waals surface area contributed by atoms with E-state index in [2.05, 4.69) is 228 Å². The Morgan fingerprint density at radius 2 is 0.783 bits per heavy atom. The minimum Gasteiger partial charge on any atom is -0.309 e. The lowest BCUT2D eigenvalue weighted by molar-refractivity contribution is 1.08. The Morgan fingerprint density at radius 3 is 1.28 bits per heavy atom. The standard InChI is InChI=1S/C58H40N2/c1-2-20-44(21-3-1)57-51-37-45(59-53-25-10-5-16-40(53)29-30-41-17-6-11-26-54(41)59)33-35-49(51)58(48-24-14-22-39-15-4-9-23-47(39)48)50-36-34-46(38-52(50)57)60-55-27-12-7-18-42(55)31-32-43-19-8-13-28-56(43)60/h1-13,15-23,25-38H,14,24H2. The summed E-state index contributed by atoms with van der Waals surface area (Å²) in [6.45, 7) is 0. The summed E-state index contributed by atoms with van der Waals surface area (Å²) >= 11 is 0. The average molecular weight is 765 g/mol. The van der Waals surface area contributed by atoms with E-state index < -0.39 is 0 Å². The summed E-state index contributed by atoms with van der Waals surface area (Å²) in [7, 11) is 0. The van der Waals surface area contributed by atoms with Gasteiger partial charge in [0.15, 0.2) is 0 Å². The number of benzene rings is 9. The Hall–Kier alpha value is -7.68. The van der Waals surface area contributed by atoms with Crippen LogP contribution in [-0.2, 0) is 0 Å². The van der Waals surface area contributed by atoms with E-state index in [1.807, 2.05) is 0 Å². The van der Waals surface area contributed by atoms with Crippen molar-refractivity contribution in [2.75, 3.05) is 9.80 Å². The molecule has 0 atom stereocenters. The second-order valence-electron chi connectivity index (χ2n) is 16.0. The maximum atomic E-state index is 2.47. The highest BCUT2D eigenvalue weighted by Crippen LogP contribution is 2.49. The Balaban J connectivity index is 1.22. The molecule has 2 heterocycles. The predicted octanol–water partition coefficient (Wildman–Crippen LogP) is 14.3. The molecule has 2 nitrogen and oxygen atoms in total. The molecule has 1 aliphatic carbocycles. The van der Waals surface area contributed by atoms with Gasteiger partial charge in [0.2, 0.25) is 0 Å². The van der Waals surface area contributed by atoms with Crippen molar-refractivity contribution >= 4 is 91.6 Å². The summed E-state index contributed by atoms with van der Waals surface area (Å²) in [5.74, 6) is 0. The Labute approximate surface area is 350 Å². The number of hydrogen-bond acceptors (Lipinski definition) is 2. The molecule has 0 aromatic heterocycles. The monoisotopic (exact) mass is 764 g/mol. The van der Waals surface area contributed by atoms with Crippen molar-refractivity contribution in [1.29, 1.82) is 0 Å². The average Bonchev–Trinajstić information content (AvgIpc) is 3.59. The first-order valence-corrected chi connectivity index (χ1v) is 21.0. The number of hydrogen-bond donors (Lipinski definition) is 0. The van der Waals surface area contributed by atoms with Crippen LogP contribution >= 0.6 is 0 Å². The summed E-state index contributed by atoms with van der Waals surface area (Å²) in [5.41, 5.74) is 16.9. The van der Waals surface area contributed by atoms with E-state index in [9.17, 15) is 0 Å². The second kappa shape index (κ2) is 14.0. The third-order valence-corrected chi connectivity index (χ3v) is 12.6. The van der Waals surface area contributed by atoms with Gasteiger partial charge in [-0.15, -0.1) is 0 Å². The fourth-order valence-electron chi connectivity index (χ4n) is 9.94. The summed E-state index contributed by atoms with van der Waals surface area (Å²) in [4.78, 5) is 4.91. The van der Waals surface area contributed by atoms with Crippen molar-refractivity contribution < 1.29 is 0 Å². The molecule has 0 bridgehead atoms. The van der Waals surface area contributed by atoms with Gasteiger partial charge >= 0.3 is 0 Å². The highest BCUT2D eigenvalue weighted by Gasteiger charge is 2.26. The number of anilines is 6. The van der Waals surface area contributed by atoms with Gasteiger partial charge in [-0.2, -0.15) is 0 Å². The van der Waals surface area contributed by atoms with Gasteiger partial charge in [0.05, 0.1) is 22.7 Å². The third kappa shape index (κ3) is 5.49. The molecule has 0 unspecified atom stereocenters. The van der Waals surface area contributed by atoms with Crippen LogP contribution in [0, 0.1) is 0 Å². The van der Waals surface area contributed by atoms with E-state index in [0.29, 0.717) is 0 Å². The van der Waals surface area contributed by atoms with E-state index in [0.717, 1.165) is 24.2 Å². The molecule has 0 radical (unpaired) electrons. The molecule has 282 valence electrons. The molecule has 60 heavy (non-hydrogen) atoms. The van der Waals surface area contributed by atoms with Gasteiger partial charge in [0.25, 0.3) is 0 Å². The van der Waals surface area contributed by atoms with E-state index in [4.69, 9.17) is 0 Å². The summed E-state index contributed by atoms with van der Waals surface area (Å²) in [6, 6.07) is 69.5. The molecule has 0 fully saturated rings. The van der Waals surface area contributed by atoms with Gasteiger partial charge in [-0.1, -0.05) is 170 Å². The summed E-state index contributed by atoms with van der Waals surface area (Å²) in [6.07, 6.45) is 13.4. The first-order valence-electron chi connectivity index (χ1n) is 21.0. The van der Waals surface area contributed by atoms with Crippen molar-refractivity contribution in [1.82, 2.24) is 0 Å². The van der Waals surface area contributed by atoms with Crippen LogP contribution in [0.15, 0.2) is 188 Å². The first-order chi connectivity index (χ1) is 29.8. The molecule has 0 N–H and O–H groups in total. The zero-order valence-electron chi connectivity index (χ0n) is 33.1. The molecule has 2 aliphatic heterocycles. The largest absolute Gasteiger partial charge is 0.309 e. The Morgan fingerprint density at radius 1 is 0.350 bits per heavy atom. The zero-order valence-corrected chi connectivity index (χ0v) is 33.1. The van der Waals surface area contributed by atoms with Crippen LogP contribution in [0.25, 0.3) is 68.6 Å². The fourth-order valence-corrected chi connectivity index (χ4v) is 9.94. The minimum absolute atomic E-state index is 0.979. The van der Waals surface area contributed by atoms with Crippen LogP contribution in [0.1, 0.15) is 40.7 Å². The van der Waals surface area contributed by atoms with E-state index in [1.54, 1.807) is 0 Å². The second-order valence-corrected chi connectivity index (χ2v) is 16.0. The van der Waals surface area contributed by atoms with Crippen LogP contribution < -0.4 is 20.2 Å². The topological polar surface area (TPSA) is 6.48 Å². The summed E-state index contributed by atoms with van der Waals surface area (Å²) < 4.78 is 0. The highest BCUT2D eigenvalue weighted by molar-refractivity contribution is 6.20. The Kier molecular flexibility index (Phi) is 8.02. The molecule has 0 saturated carbocycles.